The summed E-state index contributed by atoms with van der Waals surface area (Å²) < 4.78 is 16.7. The first-order valence-electron chi connectivity index (χ1n) is 10.7. The van der Waals surface area contributed by atoms with Crippen LogP contribution in [0.2, 0.25) is 0 Å². The van der Waals surface area contributed by atoms with E-state index >= 15 is 0 Å². The number of para-hydroxylation sites is 1. The Morgan fingerprint density at radius 1 is 1.16 bits per heavy atom. The van der Waals surface area contributed by atoms with Gasteiger partial charge in [-0.3, -0.25) is 4.79 Å². The van der Waals surface area contributed by atoms with Gasteiger partial charge < -0.3 is 24.5 Å². The number of rotatable bonds is 6. The van der Waals surface area contributed by atoms with Crippen molar-refractivity contribution >= 4 is 27.7 Å². The molecule has 7 heteroatoms. The van der Waals surface area contributed by atoms with Crippen molar-refractivity contribution in [2.45, 2.75) is 18.9 Å². The summed E-state index contributed by atoms with van der Waals surface area (Å²) in [6, 6.07) is 15.4. The molecular formula is C25H25N3O4. The molecule has 0 unspecified atom stereocenters. The number of amides is 1. The van der Waals surface area contributed by atoms with Gasteiger partial charge in [0.25, 0.3) is 5.91 Å². The third-order valence-electron chi connectivity index (χ3n) is 5.91. The summed E-state index contributed by atoms with van der Waals surface area (Å²) in [5.41, 5.74) is 3.55. The lowest BCUT2D eigenvalue weighted by Crippen LogP contribution is -2.32. The predicted molar refractivity (Wildman–Crippen MR) is 123 cm³/mol. The molecule has 2 aromatic heterocycles. The Labute approximate surface area is 185 Å². The number of methoxy groups -OCH3 is 2. The number of aromatic nitrogens is 2. The number of hydrogen-bond acceptors (Lipinski definition) is 5. The molecule has 32 heavy (non-hydrogen) atoms. The molecule has 5 rings (SSSR count). The number of fused-ring (bicyclic) bond motifs is 3. The van der Waals surface area contributed by atoms with Crippen LogP contribution < -0.4 is 14.8 Å². The van der Waals surface area contributed by atoms with Crippen molar-refractivity contribution in [3.05, 3.63) is 54.2 Å². The molecule has 1 amide bonds. The molecule has 4 aromatic rings. The average molecular weight is 431 g/mol. The number of carbonyl (C=O) groups excluding carboxylic acids is 1. The number of pyridine rings is 1. The van der Waals surface area contributed by atoms with Gasteiger partial charge in [-0.05, 0) is 43.2 Å². The Morgan fingerprint density at radius 2 is 2.03 bits per heavy atom. The molecule has 1 atom stereocenters. The maximum absolute atomic E-state index is 13.1. The summed E-state index contributed by atoms with van der Waals surface area (Å²) in [6.07, 6.45) is 2.05. The van der Waals surface area contributed by atoms with E-state index in [-0.39, 0.29) is 12.0 Å². The highest BCUT2D eigenvalue weighted by Crippen LogP contribution is 2.38. The summed E-state index contributed by atoms with van der Waals surface area (Å²) in [5, 5.41) is 4.94. The Bertz CT molecular complexity index is 1290. The highest BCUT2D eigenvalue weighted by molar-refractivity contribution is 6.13. The topological polar surface area (TPSA) is 85.5 Å². The number of nitrogens with zero attached hydrogens (tertiary/aromatic N) is 1. The predicted octanol–water partition coefficient (Wildman–Crippen LogP) is 4.31. The number of ether oxygens (including phenoxy) is 3. The second-order valence-corrected chi connectivity index (χ2v) is 7.86. The van der Waals surface area contributed by atoms with Crippen molar-refractivity contribution in [2.75, 3.05) is 27.4 Å². The van der Waals surface area contributed by atoms with Gasteiger partial charge in [0.1, 0.15) is 17.2 Å². The Hall–Kier alpha value is -3.58. The lowest BCUT2D eigenvalue weighted by molar-refractivity contribution is 0.0854. The van der Waals surface area contributed by atoms with E-state index in [1.807, 2.05) is 48.5 Å². The minimum atomic E-state index is -0.226. The van der Waals surface area contributed by atoms with Crippen LogP contribution in [-0.2, 0) is 4.74 Å². The first-order chi connectivity index (χ1) is 15.7. The lowest BCUT2D eigenvalue weighted by atomic mass is 10.0. The van der Waals surface area contributed by atoms with E-state index in [4.69, 9.17) is 19.2 Å². The SMILES string of the molecule is COc1ccc(OC)c(-c2nc(C(=O)NC[C@H]3CCCO3)cc3c2[nH]c2ccccc23)c1. The second-order valence-electron chi connectivity index (χ2n) is 7.86. The summed E-state index contributed by atoms with van der Waals surface area (Å²) in [6.45, 7) is 1.23. The monoisotopic (exact) mass is 431 g/mol. The van der Waals surface area contributed by atoms with Crippen LogP contribution in [0.5, 0.6) is 11.5 Å². The van der Waals surface area contributed by atoms with Crippen molar-refractivity contribution in [1.29, 1.82) is 0 Å². The quantitative estimate of drug-likeness (QED) is 0.475. The fraction of sp³-hybridized carbons (Fsp3) is 0.280. The molecule has 164 valence electrons. The van der Waals surface area contributed by atoms with Gasteiger partial charge in [0.15, 0.2) is 0 Å². The number of nitrogens with one attached hydrogen (secondary N) is 2. The molecule has 0 spiro atoms. The first kappa shape index (κ1) is 20.3. The molecule has 1 saturated heterocycles. The highest BCUT2D eigenvalue weighted by Gasteiger charge is 2.21. The average Bonchev–Trinajstić information content (AvgIpc) is 3.49. The summed E-state index contributed by atoms with van der Waals surface area (Å²) in [5.74, 6) is 1.10. The summed E-state index contributed by atoms with van der Waals surface area (Å²) in [4.78, 5) is 21.3. The van der Waals surface area contributed by atoms with E-state index in [9.17, 15) is 4.79 Å². The Kier molecular flexibility index (Phi) is 5.41. The van der Waals surface area contributed by atoms with Crippen LogP contribution in [0.1, 0.15) is 23.3 Å². The van der Waals surface area contributed by atoms with Crippen molar-refractivity contribution in [1.82, 2.24) is 15.3 Å². The fourth-order valence-electron chi connectivity index (χ4n) is 4.26. The van der Waals surface area contributed by atoms with Crippen LogP contribution in [-0.4, -0.2) is 49.4 Å². The molecule has 0 saturated carbocycles. The molecule has 7 nitrogen and oxygen atoms in total. The van der Waals surface area contributed by atoms with Crippen molar-refractivity contribution < 1.29 is 19.0 Å². The van der Waals surface area contributed by atoms with Gasteiger partial charge in [-0.2, -0.15) is 0 Å². The maximum atomic E-state index is 13.1. The van der Waals surface area contributed by atoms with Crippen LogP contribution in [0.15, 0.2) is 48.5 Å². The van der Waals surface area contributed by atoms with Gasteiger partial charge in [0.2, 0.25) is 0 Å². The molecule has 0 aliphatic carbocycles. The zero-order valence-corrected chi connectivity index (χ0v) is 18.1. The van der Waals surface area contributed by atoms with Crippen LogP contribution in [0.25, 0.3) is 33.1 Å². The van der Waals surface area contributed by atoms with Crippen LogP contribution in [0.3, 0.4) is 0 Å². The van der Waals surface area contributed by atoms with Crippen molar-refractivity contribution in [2.24, 2.45) is 0 Å². The van der Waals surface area contributed by atoms with Gasteiger partial charge in [0, 0.05) is 35.0 Å². The number of aromatic amines is 1. The van der Waals surface area contributed by atoms with Gasteiger partial charge >= 0.3 is 0 Å². The lowest BCUT2D eigenvalue weighted by Gasteiger charge is -2.13. The van der Waals surface area contributed by atoms with Crippen LogP contribution >= 0.6 is 0 Å². The number of hydrogen-bond donors (Lipinski definition) is 2. The van der Waals surface area contributed by atoms with E-state index in [1.165, 1.54) is 0 Å². The number of benzene rings is 2. The van der Waals surface area contributed by atoms with Crippen molar-refractivity contribution in [3.8, 4) is 22.8 Å². The molecule has 0 radical (unpaired) electrons. The van der Waals surface area contributed by atoms with Crippen LogP contribution in [0, 0.1) is 0 Å². The molecule has 2 aromatic carbocycles. The minimum Gasteiger partial charge on any atom is -0.497 e. The molecular weight excluding hydrogens is 406 g/mol. The zero-order chi connectivity index (χ0) is 22.1. The second kappa shape index (κ2) is 8.51. The molecule has 0 bridgehead atoms. The molecule has 2 N–H and O–H groups in total. The van der Waals surface area contributed by atoms with Crippen molar-refractivity contribution in [3.63, 3.8) is 0 Å². The standard InChI is InChI=1S/C25H25N3O4/c1-30-15-9-10-22(31-2)19(12-15)24-23-18(17-7-3-4-8-20(17)27-23)13-21(28-24)25(29)26-14-16-6-5-11-32-16/h3-4,7-10,12-13,16,27H,5-6,11,14H2,1-2H3,(H,26,29)/t16-/m1/s1. The first-order valence-corrected chi connectivity index (χ1v) is 10.7. The molecule has 3 heterocycles. The molecule has 1 aliphatic rings. The van der Waals surface area contributed by atoms with Gasteiger partial charge in [0.05, 0.1) is 31.5 Å². The van der Waals surface area contributed by atoms with E-state index in [1.54, 1.807) is 14.2 Å². The Balaban J connectivity index is 1.66. The third kappa shape index (κ3) is 3.65. The molecule has 1 aliphatic heterocycles. The van der Waals surface area contributed by atoms with Crippen LogP contribution in [0.4, 0.5) is 0 Å². The summed E-state index contributed by atoms with van der Waals surface area (Å²) in [7, 11) is 3.23. The number of H-pyrrole nitrogens is 1. The van der Waals surface area contributed by atoms with E-state index in [0.717, 1.165) is 46.8 Å². The van der Waals surface area contributed by atoms with E-state index in [2.05, 4.69) is 10.3 Å². The van der Waals surface area contributed by atoms with Gasteiger partial charge in [-0.1, -0.05) is 18.2 Å². The smallest absolute Gasteiger partial charge is 0.270 e. The zero-order valence-electron chi connectivity index (χ0n) is 18.1. The highest BCUT2D eigenvalue weighted by atomic mass is 16.5. The fourth-order valence-corrected chi connectivity index (χ4v) is 4.26. The summed E-state index contributed by atoms with van der Waals surface area (Å²) >= 11 is 0. The minimum absolute atomic E-state index is 0.0636. The van der Waals surface area contributed by atoms with E-state index < -0.39 is 0 Å². The largest absolute Gasteiger partial charge is 0.497 e. The molecule has 1 fully saturated rings. The third-order valence-corrected chi connectivity index (χ3v) is 5.91. The number of carbonyl (C=O) groups is 1. The maximum Gasteiger partial charge on any atom is 0.270 e. The normalized spacial score (nSPS) is 15.9. The Morgan fingerprint density at radius 3 is 2.81 bits per heavy atom. The van der Waals surface area contributed by atoms with Gasteiger partial charge in [-0.15, -0.1) is 0 Å². The van der Waals surface area contributed by atoms with Gasteiger partial charge in [-0.25, -0.2) is 4.98 Å². The van der Waals surface area contributed by atoms with E-state index in [0.29, 0.717) is 29.4 Å².